The third-order valence-electron chi connectivity index (χ3n) is 3.09. The molecular formula is C13H18OS. The maximum Gasteiger partial charge on any atom is 0.0522 e. The van der Waals surface area contributed by atoms with E-state index in [0.717, 1.165) is 0 Å². The van der Waals surface area contributed by atoms with Gasteiger partial charge >= 0.3 is 0 Å². The van der Waals surface area contributed by atoms with Crippen LogP contribution in [0.5, 0.6) is 0 Å². The van der Waals surface area contributed by atoms with E-state index in [1.165, 1.54) is 34.6 Å². The summed E-state index contributed by atoms with van der Waals surface area (Å²) in [5.41, 5.74) is 2.61. The maximum atomic E-state index is 9.35. The number of rotatable bonds is 2. The molecule has 0 spiro atoms. The van der Waals surface area contributed by atoms with Crippen LogP contribution in [0.2, 0.25) is 0 Å². The van der Waals surface area contributed by atoms with E-state index in [0.29, 0.717) is 0 Å². The highest BCUT2D eigenvalue weighted by molar-refractivity contribution is 7.99. The monoisotopic (exact) mass is 222 g/mol. The van der Waals surface area contributed by atoms with Crippen molar-refractivity contribution in [1.29, 1.82) is 0 Å². The number of aryl methyl sites for hydroxylation is 1. The van der Waals surface area contributed by atoms with E-state index in [-0.39, 0.29) is 12.0 Å². The Kier molecular flexibility index (Phi) is 3.08. The number of benzene rings is 1. The molecule has 2 rings (SSSR count). The fourth-order valence-corrected chi connectivity index (χ4v) is 2.89. The van der Waals surface area contributed by atoms with Crippen molar-refractivity contribution in [2.24, 2.45) is 0 Å². The van der Waals surface area contributed by atoms with Crippen molar-refractivity contribution in [2.75, 3.05) is 12.4 Å². The molecule has 1 nitrogen and oxygen atoms in total. The fraction of sp³-hybridized carbons (Fsp3) is 0.538. The summed E-state index contributed by atoms with van der Waals surface area (Å²) < 4.78 is 0. The van der Waals surface area contributed by atoms with E-state index in [4.69, 9.17) is 0 Å². The van der Waals surface area contributed by atoms with Crippen molar-refractivity contribution in [2.45, 2.75) is 37.0 Å². The Morgan fingerprint density at radius 3 is 2.93 bits per heavy atom. The van der Waals surface area contributed by atoms with Crippen LogP contribution in [0.4, 0.5) is 0 Å². The van der Waals surface area contributed by atoms with Crippen LogP contribution in [0.15, 0.2) is 23.1 Å². The minimum Gasteiger partial charge on any atom is -0.395 e. The van der Waals surface area contributed by atoms with E-state index in [1.807, 2.05) is 11.8 Å². The Labute approximate surface area is 95.9 Å². The second-order valence-corrected chi connectivity index (χ2v) is 5.95. The van der Waals surface area contributed by atoms with Crippen LogP contribution in [0.3, 0.4) is 0 Å². The summed E-state index contributed by atoms with van der Waals surface area (Å²) >= 11 is 1.95. The highest BCUT2D eigenvalue weighted by Crippen LogP contribution is 2.33. The molecule has 0 unspecified atom stereocenters. The minimum atomic E-state index is -0.114. The standard InChI is InChI=1S/C13H18OS/c1-13(2,9-14)11-5-6-12-10(8-11)4-3-7-15-12/h5-6,8,14H,3-4,7,9H2,1-2H3. The van der Waals surface area contributed by atoms with Gasteiger partial charge in [-0.25, -0.2) is 0 Å². The summed E-state index contributed by atoms with van der Waals surface area (Å²) in [5.74, 6) is 1.25. The lowest BCUT2D eigenvalue weighted by Gasteiger charge is -2.25. The second-order valence-electron chi connectivity index (χ2n) is 4.82. The predicted octanol–water partition coefficient (Wildman–Crippen LogP) is 2.99. The van der Waals surface area contributed by atoms with Crippen LogP contribution in [0.25, 0.3) is 0 Å². The Morgan fingerprint density at radius 1 is 1.40 bits per heavy atom. The molecule has 1 N–H and O–H groups in total. The zero-order chi connectivity index (χ0) is 10.9. The topological polar surface area (TPSA) is 20.2 Å². The first-order chi connectivity index (χ1) is 7.13. The lowest BCUT2D eigenvalue weighted by Crippen LogP contribution is -2.22. The molecule has 15 heavy (non-hydrogen) atoms. The van der Waals surface area contributed by atoms with Gasteiger partial charge in [-0.05, 0) is 35.8 Å². The molecule has 0 aliphatic carbocycles. The first-order valence-corrected chi connectivity index (χ1v) is 6.49. The van der Waals surface area contributed by atoms with Crippen LogP contribution in [0.1, 0.15) is 31.4 Å². The van der Waals surface area contributed by atoms with Gasteiger partial charge in [-0.1, -0.05) is 26.0 Å². The highest BCUT2D eigenvalue weighted by Gasteiger charge is 2.21. The molecule has 1 aromatic carbocycles. The fourth-order valence-electron chi connectivity index (χ4n) is 1.87. The van der Waals surface area contributed by atoms with E-state index in [2.05, 4.69) is 32.0 Å². The summed E-state index contributed by atoms with van der Waals surface area (Å²) in [4.78, 5) is 1.43. The van der Waals surface area contributed by atoms with Gasteiger partial charge in [-0.15, -0.1) is 11.8 Å². The van der Waals surface area contributed by atoms with Crippen LogP contribution < -0.4 is 0 Å². The number of thioether (sulfide) groups is 1. The zero-order valence-electron chi connectivity index (χ0n) is 9.42. The van der Waals surface area contributed by atoms with Crippen LogP contribution in [-0.2, 0) is 11.8 Å². The molecule has 0 radical (unpaired) electrons. The number of aliphatic hydroxyl groups is 1. The molecule has 0 bridgehead atoms. The smallest absolute Gasteiger partial charge is 0.0522 e. The average molecular weight is 222 g/mol. The molecule has 0 saturated carbocycles. The van der Waals surface area contributed by atoms with Crippen molar-refractivity contribution in [3.63, 3.8) is 0 Å². The molecule has 0 atom stereocenters. The molecule has 0 amide bonds. The molecule has 1 aliphatic rings. The molecule has 0 fully saturated rings. The Bertz CT molecular complexity index is 358. The summed E-state index contributed by atoms with van der Waals surface area (Å²) in [7, 11) is 0. The molecule has 0 aromatic heterocycles. The average Bonchev–Trinajstić information content (AvgIpc) is 2.28. The normalized spacial score (nSPS) is 16.2. The van der Waals surface area contributed by atoms with Gasteiger partial charge in [0, 0.05) is 10.3 Å². The molecule has 1 aromatic rings. The third kappa shape index (κ3) is 2.21. The van der Waals surface area contributed by atoms with Gasteiger partial charge in [0.15, 0.2) is 0 Å². The number of hydrogen-bond donors (Lipinski definition) is 1. The molecule has 1 heterocycles. The van der Waals surface area contributed by atoms with E-state index in [1.54, 1.807) is 0 Å². The summed E-state index contributed by atoms with van der Waals surface area (Å²) in [6, 6.07) is 6.65. The Balaban J connectivity index is 2.36. The Hall–Kier alpha value is -0.470. The van der Waals surface area contributed by atoms with E-state index in [9.17, 15) is 5.11 Å². The van der Waals surface area contributed by atoms with E-state index >= 15 is 0 Å². The van der Waals surface area contributed by atoms with Gasteiger partial charge in [-0.3, -0.25) is 0 Å². The van der Waals surface area contributed by atoms with Crippen molar-refractivity contribution < 1.29 is 5.11 Å². The van der Waals surface area contributed by atoms with Gasteiger partial charge in [0.2, 0.25) is 0 Å². The van der Waals surface area contributed by atoms with E-state index < -0.39 is 0 Å². The van der Waals surface area contributed by atoms with Gasteiger partial charge < -0.3 is 5.11 Å². The first-order valence-electron chi connectivity index (χ1n) is 5.50. The first kappa shape index (κ1) is 11.0. The summed E-state index contributed by atoms with van der Waals surface area (Å²) in [6.07, 6.45) is 2.47. The van der Waals surface area contributed by atoms with Crippen molar-refractivity contribution in [1.82, 2.24) is 0 Å². The number of hydrogen-bond acceptors (Lipinski definition) is 2. The molecule has 82 valence electrons. The number of aliphatic hydroxyl groups excluding tert-OH is 1. The molecule has 0 saturated heterocycles. The second kappa shape index (κ2) is 4.18. The lowest BCUT2D eigenvalue weighted by molar-refractivity contribution is 0.218. The quantitative estimate of drug-likeness (QED) is 0.830. The molecular weight excluding hydrogens is 204 g/mol. The van der Waals surface area contributed by atoms with Crippen LogP contribution >= 0.6 is 11.8 Å². The highest BCUT2D eigenvalue weighted by atomic mass is 32.2. The van der Waals surface area contributed by atoms with Crippen molar-refractivity contribution in [3.8, 4) is 0 Å². The number of fused-ring (bicyclic) bond motifs is 1. The van der Waals surface area contributed by atoms with Crippen LogP contribution in [-0.4, -0.2) is 17.5 Å². The lowest BCUT2D eigenvalue weighted by atomic mass is 9.84. The largest absolute Gasteiger partial charge is 0.395 e. The molecule has 1 aliphatic heterocycles. The predicted molar refractivity (Wildman–Crippen MR) is 65.6 cm³/mol. The zero-order valence-corrected chi connectivity index (χ0v) is 10.2. The van der Waals surface area contributed by atoms with Crippen molar-refractivity contribution in [3.05, 3.63) is 29.3 Å². The minimum absolute atomic E-state index is 0.114. The van der Waals surface area contributed by atoms with Gasteiger partial charge in [0.1, 0.15) is 0 Å². The Morgan fingerprint density at radius 2 is 2.20 bits per heavy atom. The van der Waals surface area contributed by atoms with Crippen LogP contribution in [0, 0.1) is 0 Å². The van der Waals surface area contributed by atoms with Gasteiger partial charge in [0.05, 0.1) is 6.61 Å². The van der Waals surface area contributed by atoms with Gasteiger partial charge in [-0.2, -0.15) is 0 Å². The summed E-state index contributed by atoms with van der Waals surface area (Å²) in [5, 5.41) is 9.35. The van der Waals surface area contributed by atoms with Crippen molar-refractivity contribution >= 4 is 11.8 Å². The molecule has 2 heteroatoms. The van der Waals surface area contributed by atoms with Gasteiger partial charge in [0.25, 0.3) is 0 Å². The maximum absolute atomic E-state index is 9.35. The SMILES string of the molecule is CC(C)(CO)c1ccc2c(c1)CCCS2. The third-order valence-corrected chi connectivity index (χ3v) is 4.29. The summed E-state index contributed by atoms with van der Waals surface area (Å²) in [6.45, 7) is 4.38.